The Bertz CT molecular complexity index is 461. The number of ether oxygens (including phenoxy) is 1. The van der Waals surface area contributed by atoms with E-state index in [9.17, 15) is 9.90 Å². The van der Waals surface area contributed by atoms with Gasteiger partial charge in [-0.1, -0.05) is 13.8 Å². The first-order valence-electron chi connectivity index (χ1n) is 7.39. The van der Waals surface area contributed by atoms with Crippen LogP contribution in [0.1, 0.15) is 44.0 Å². The van der Waals surface area contributed by atoms with E-state index in [1.54, 1.807) is 13.0 Å². The van der Waals surface area contributed by atoms with Crippen LogP contribution >= 0.6 is 0 Å². The van der Waals surface area contributed by atoms with Gasteiger partial charge in [0.05, 0.1) is 25.1 Å². The van der Waals surface area contributed by atoms with Crippen LogP contribution in [-0.2, 0) is 4.74 Å². The van der Waals surface area contributed by atoms with Crippen LogP contribution in [-0.4, -0.2) is 41.9 Å². The van der Waals surface area contributed by atoms with Gasteiger partial charge in [0.15, 0.2) is 0 Å². The third-order valence-corrected chi connectivity index (χ3v) is 3.38. The van der Waals surface area contributed by atoms with Gasteiger partial charge in [0, 0.05) is 12.6 Å². The highest BCUT2D eigenvalue weighted by atomic mass is 16.5. The van der Waals surface area contributed by atoms with Crippen molar-refractivity contribution in [1.82, 2.24) is 4.98 Å². The molecule has 0 fully saturated rings. The molecule has 118 valence electrons. The zero-order valence-electron chi connectivity index (χ0n) is 13.0. The van der Waals surface area contributed by atoms with E-state index in [-0.39, 0.29) is 19.3 Å². The van der Waals surface area contributed by atoms with Gasteiger partial charge in [-0.05, 0) is 25.8 Å². The van der Waals surface area contributed by atoms with Crippen LogP contribution in [0.3, 0.4) is 0 Å². The molecule has 6 nitrogen and oxygen atoms in total. The summed E-state index contributed by atoms with van der Waals surface area (Å²) < 4.78 is 5.08. The van der Waals surface area contributed by atoms with Gasteiger partial charge in [-0.25, -0.2) is 9.78 Å². The van der Waals surface area contributed by atoms with E-state index in [1.807, 2.05) is 4.90 Å². The fraction of sp³-hybridized carbons (Fsp3) is 0.600. The number of esters is 1. The minimum atomic E-state index is -0.443. The lowest BCUT2D eigenvalue weighted by Gasteiger charge is -2.32. The molecule has 3 N–H and O–H groups in total. The molecular weight excluding hydrogens is 270 g/mol. The second-order valence-electron chi connectivity index (χ2n) is 4.75. The fourth-order valence-electron chi connectivity index (χ4n) is 2.36. The van der Waals surface area contributed by atoms with Crippen molar-refractivity contribution >= 4 is 17.5 Å². The number of hydrogen-bond acceptors (Lipinski definition) is 6. The van der Waals surface area contributed by atoms with Gasteiger partial charge in [-0.3, -0.25) is 0 Å². The first-order valence-corrected chi connectivity index (χ1v) is 7.39. The number of carbonyl (C=O) groups excluding carboxylic acids is 1. The molecule has 0 radical (unpaired) electrons. The van der Waals surface area contributed by atoms with Gasteiger partial charge in [0.2, 0.25) is 0 Å². The molecule has 6 heteroatoms. The number of nitrogens with two attached hydrogens (primary N) is 1. The van der Waals surface area contributed by atoms with Gasteiger partial charge in [-0.2, -0.15) is 0 Å². The van der Waals surface area contributed by atoms with Gasteiger partial charge in [0.1, 0.15) is 11.4 Å². The smallest absolute Gasteiger partial charge is 0.341 e. The zero-order chi connectivity index (χ0) is 15.8. The van der Waals surface area contributed by atoms with Crippen LogP contribution in [0.2, 0.25) is 0 Å². The molecular formula is C15H25N3O3. The number of carbonyl (C=O) groups is 1. The number of aliphatic hydroxyl groups excluding tert-OH is 1. The summed E-state index contributed by atoms with van der Waals surface area (Å²) in [6, 6.07) is 1.77. The fourth-order valence-corrected chi connectivity index (χ4v) is 2.36. The van der Waals surface area contributed by atoms with E-state index in [1.165, 1.54) is 6.20 Å². The van der Waals surface area contributed by atoms with Crippen molar-refractivity contribution < 1.29 is 14.6 Å². The number of aromatic nitrogens is 1. The van der Waals surface area contributed by atoms with Crippen LogP contribution < -0.4 is 10.6 Å². The molecule has 0 unspecified atom stereocenters. The molecule has 0 aromatic carbocycles. The summed E-state index contributed by atoms with van der Waals surface area (Å²) in [6.07, 6.45) is 3.31. The standard InChI is InChI=1S/C15H25N3O3/c1-4-12(5-2)18(7-8-19)14-13(15(20)21-6-3)9-11(16)10-17-14/h9-10,12,19H,4-8,16H2,1-3H3. The molecule has 0 amide bonds. The number of rotatable bonds is 8. The lowest BCUT2D eigenvalue weighted by Crippen LogP contribution is -2.38. The van der Waals surface area contributed by atoms with Crippen molar-refractivity contribution in [3.63, 3.8) is 0 Å². The third kappa shape index (κ3) is 4.32. The molecule has 0 saturated carbocycles. The number of pyridine rings is 1. The zero-order valence-corrected chi connectivity index (χ0v) is 13.0. The van der Waals surface area contributed by atoms with Crippen LogP contribution in [0.4, 0.5) is 11.5 Å². The summed E-state index contributed by atoms with van der Waals surface area (Å²) in [5, 5.41) is 9.32. The SMILES string of the molecule is CCOC(=O)c1cc(N)cnc1N(CCO)C(CC)CC. The Hall–Kier alpha value is -1.82. The monoisotopic (exact) mass is 295 g/mol. The average molecular weight is 295 g/mol. The topological polar surface area (TPSA) is 88.7 Å². The molecule has 1 aromatic rings. The Balaban J connectivity index is 3.26. The van der Waals surface area contributed by atoms with E-state index in [2.05, 4.69) is 18.8 Å². The maximum Gasteiger partial charge on any atom is 0.341 e. The number of hydrogen-bond donors (Lipinski definition) is 2. The molecule has 1 rings (SSSR count). The number of aliphatic hydroxyl groups is 1. The third-order valence-electron chi connectivity index (χ3n) is 3.38. The van der Waals surface area contributed by atoms with Gasteiger partial charge in [-0.15, -0.1) is 0 Å². The first-order chi connectivity index (χ1) is 10.1. The molecule has 0 bridgehead atoms. The molecule has 0 aliphatic rings. The number of anilines is 2. The van der Waals surface area contributed by atoms with Crippen LogP contribution in [0.5, 0.6) is 0 Å². The van der Waals surface area contributed by atoms with E-state index in [0.717, 1.165) is 12.8 Å². The van der Waals surface area contributed by atoms with Gasteiger partial charge < -0.3 is 20.5 Å². The van der Waals surface area contributed by atoms with E-state index >= 15 is 0 Å². The molecule has 0 aliphatic carbocycles. The molecule has 21 heavy (non-hydrogen) atoms. The molecule has 0 atom stereocenters. The molecule has 0 aliphatic heterocycles. The van der Waals surface area contributed by atoms with Crippen molar-refractivity contribution in [1.29, 1.82) is 0 Å². The number of nitrogen functional groups attached to an aromatic ring is 1. The van der Waals surface area contributed by atoms with Crippen molar-refractivity contribution in [3.8, 4) is 0 Å². The maximum absolute atomic E-state index is 12.1. The molecule has 1 aromatic heterocycles. The Morgan fingerprint density at radius 3 is 2.62 bits per heavy atom. The summed E-state index contributed by atoms with van der Waals surface area (Å²) >= 11 is 0. The van der Waals surface area contributed by atoms with Crippen molar-refractivity contribution in [2.24, 2.45) is 0 Å². The highest BCUT2D eigenvalue weighted by Gasteiger charge is 2.23. The highest BCUT2D eigenvalue weighted by Crippen LogP contribution is 2.25. The summed E-state index contributed by atoms with van der Waals surface area (Å²) in [7, 11) is 0. The largest absolute Gasteiger partial charge is 0.462 e. The summed E-state index contributed by atoms with van der Waals surface area (Å²) in [4.78, 5) is 18.4. The summed E-state index contributed by atoms with van der Waals surface area (Å²) in [5.74, 6) is 0.0756. The normalized spacial score (nSPS) is 10.7. The highest BCUT2D eigenvalue weighted by molar-refractivity contribution is 5.95. The lowest BCUT2D eigenvalue weighted by atomic mass is 10.1. The second-order valence-corrected chi connectivity index (χ2v) is 4.75. The minimum Gasteiger partial charge on any atom is -0.462 e. The Kier molecular flexibility index (Phi) is 6.94. The van der Waals surface area contributed by atoms with Crippen molar-refractivity contribution in [2.45, 2.75) is 39.7 Å². The lowest BCUT2D eigenvalue weighted by molar-refractivity contribution is 0.0526. The molecule has 0 saturated heterocycles. The van der Waals surface area contributed by atoms with Crippen LogP contribution in [0.15, 0.2) is 12.3 Å². The Labute approximate surface area is 125 Å². The van der Waals surface area contributed by atoms with E-state index < -0.39 is 5.97 Å². The van der Waals surface area contributed by atoms with E-state index in [4.69, 9.17) is 10.5 Å². The average Bonchev–Trinajstić information content (AvgIpc) is 2.48. The van der Waals surface area contributed by atoms with E-state index in [0.29, 0.717) is 23.6 Å². The Morgan fingerprint density at radius 1 is 1.43 bits per heavy atom. The predicted molar refractivity (Wildman–Crippen MR) is 83.4 cm³/mol. The van der Waals surface area contributed by atoms with Gasteiger partial charge in [0.25, 0.3) is 0 Å². The van der Waals surface area contributed by atoms with Crippen molar-refractivity contribution in [3.05, 3.63) is 17.8 Å². The number of nitrogens with zero attached hydrogens (tertiary/aromatic N) is 2. The second kappa shape index (κ2) is 8.46. The van der Waals surface area contributed by atoms with Crippen LogP contribution in [0.25, 0.3) is 0 Å². The first kappa shape index (κ1) is 17.2. The van der Waals surface area contributed by atoms with Crippen molar-refractivity contribution in [2.75, 3.05) is 30.4 Å². The minimum absolute atomic E-state index is 0.00911. The maximum atomic E-state index is 12.1. The van der Waals surface area contributed by atoms with Crippen LogP contribution in [0, 0.1) is 0 Å². The Morgan fingerprint density at radius 2 is 2.10 bits per heavy atom. The predicted octanol–water partition coefficient (Wildman–Crippen LogP) is 1.83. The summed E-state index contributed by atoms with van der Waals surface area (Å²) in [6.45, 7) is 6.59. The molecule has 0 spiro atoms. The molecule has 1 heterocycles. The van der Waals surface area contributed by atoms with Gasteiger partial charge >= 0.3 is 5.97 Å². The quantitative estimate of drug-likeness (QED) is 0.711. The summed E-state index contributed by atoms with van der Waals surface area (Å²) in [5.41, 5.74) is 6.50.